The van der Waals surface area contributed by atoms with Gasteiger partial charge >= 0.3 is 0 Å². The number of carbonyl (C=O) groups is 1. The molecule has 1 amide bonds. The summed E-state index contributed by atoms with van der Waals surface area (Å²) >= 11 is 0. The fourth-order valence-electron chi connectivity index (χ4n) is 3.53. The molecule has 0 saturated heterocycles. The second-order valence-corrected chi connectivity index (χ2v) is 7.07. The largest absolute Gasteiger partial charge is 0.454 e. The van der Waals surface area contributed by atoms with Gasteiger partial charge in [0, 0.05) is 19.6 Å². The van der Waals surface area contributed by atoms with Crippen molar-refractivity contribution in [3.63, 3.8) is 0 Å². The minimum Gasteiger partial charge on any atom is -0.454 e. The summed E-state index contributed by atoms with van der Waals surface area (Å²) in [6, 6.07) is 14.1. The highest BCUT2D eigenvalue weighted by Gasteiger charge is 2.20. The summed E-state index contributed by atoms with van der Waals surface area (Å²) in [7, 11) is 0. The summed E-state index contributed by atoms with van der Waals surface area (Å²) in [5.41, 5.74) is 3.59. The summed E-state index contributed by atoms with van der Waals surface area (Å²) in [6.07, 6.45) is 0.903. The highest BCUT2D eigenvalue weighted by molar-refractivity contribution is 5.86. The molecule has 7 heteroatoms. The number of benzene rings is 2. The van der Waals surface area contributed by atoms with E-state index in [4.69, 9.17) is 9.47 Å². The van der Waals surface area contributed by atoms with Crippen LogP contribution in [0.5, 0.6) is 11.5 Å². The maximum atomic E-state index is 12.7. The van der Waals surface area contributed by atoms with Gasteiger partial charge in [-0.15, -0.1) is 0 Å². The maximum Gasteiger partial charge on any atom is 0.242 e. The number of ether oxygens (including phenoxy) is 2. The van der Waals surface area contributed by atoms with Gasteiger partial charge in [0.1, 0.15) is 0 Å². The van der Waals surface area contributed by atoms with E-state index in [9.17, 15) is 4.79 Å². The molecular formula is C22H26N4O3. The van der Waals surface area contributed by atoms with E-state index in [2.05, 4.69) is 33.8 Å². The Balaban J connectivity index is 1.33. The van der Waals surface area contributed by atoms with Gasteiger partial charge in [0.15, 0.2) is 17.5 Å². The van der Waals surface area contributed by atoms with Crippen molar-refractivity contribution in [3.05, 3.63) is 59.2 Å². The van der Waals surface area contributed by atoms with Crippen molar-refractivity contribution in [2.45, 2.75) is 26.4 Å². The fourth-order valence-corrected chi connectivity index (χ4v) is 3.53. The van der Waals surface area contributed by atoms with Crippen LogP contribution in [0.3, 0.4) is 0 Å². The summed E-state index contributed by atoms with van der Waals surface area (Å²) in [5, 5.41) is 6.35. The van der Waals surface area contributed by atoms with Crippen LogP contribution in [0.1, 0.15) is 23.6 Å². The van der Waals surface area contributed by atoms with Gasteiger partial charge in [-0.05, 0) is 42.2 Å². The van der Waals surface area contributed by atoms with Crippen LogP contribution in [0, 0.1) is 0 Å². The molecule has 2 heterocycles. The standard InChI is InChI=1S/C22H26N4O3/c1-2-23-22(24-12-16-7-8-19-20(11-16)29-15-28-19)25-13-21(27)26-10-9-17-5-3-4-6-18(17)14-26/h3-8,11H,2,9-10,12-15H2,1H3,(H2,23,24,25). The highest BCUT2D eigenvalue weighted by atomic mass is 16.7. The van der Waals surface area contributed by atoms with E-state index < -0.39 is 0 Å². The zero-order chi connectivity index (χ0) is 20.1. The van der Waals surface area contributed by atoms with Crippen molar-refractivity contribution < 1.29 is 14.3 Å². The van der Waals surface area contributed by atoms with Crippen LogP contribution in [0.4, 0.5) is 0 Å². The van der Waals surface area contributed by atoms with E-state index >= 15 is 0 Å². The third kappa shape index (κ3) is 4.62. The minimum absolute atomic E-state index is 0.0770. The summed E-state index contributed by atoms with van der Waals surface area (Å²) in [6.45, 7) is 5.10. The second kappa shape index (κ2) is 8.86. The third-order valence-electron chi connectivity index (χ3n) is 5.09. The Morgan fingerprint density at radius 2 is 1.93 bits per heavy atom. The molecule has 4 rings (SSSR count). The van der Waals surface area contributed by atoms with Gasteiger partial charge in [-0.25, -0.2) is 4.99 Å². The number of guanidine groups is 1. The zero-order valence-electron chi connectivity index (χ0n) is 16.6. The number of carbonyl (C=O) groups excluding carboxylic acids is 1. The lowest BCUT2D eigenvalue weighted by atomic mass is 10.00. The Morgan fingerprint density at radius 3 is 2.79 bits per heavy atom. The molecule has 0 aromatic heterocycles. The Morgan fingerprint density at radius 1 is 1.10 bits per heavy atom. The topological polar surface area (TPSA) is 75.2 Å². The van der Waals surface area contributed by atoms with Gasteiger partial charge in [0.05, 0.1) is 13.1 Å². The Bertz CT molecular complexity index is 913. The van der Waals surface area contributed by atoms with Gasteiger partial charge in [-0.3, -0.25) is 4.79 Å². The van der Waals surface area contributed by atoms with Crippen molar-refractivity contribution in [2.24, 2.45) is 4.99 Å². The second-order valence-electron chi connectivity index (χ2n) is 7.07. The minimum atomic E-state index is 0.0770. The number of hydrogen-bond donors (Lipinski definition) is 2. The number of hydrogen-bond acceptors (Lipinski definition) is 4. The van der Waals surface area contributed by atoms with Gasteiger partial charge < -0.3 is 25.0 Å². The SMILES string of the molecule is CCNC(=NCc1ccc2c(c1)OCO2)NCC(=O)N1CCc2ccccc2C1. The molecule has 0 radical (unpaired) electrons. The number of fused-ring (bicyclic) bond motifs is 2. The molecule has 152 valence electrons. The molecule has 0 atom stereocenters. The van der Waals surface area contributed by atoms with Crippen molar-refractivity contribution in [3.8, 4) is 11.5 Å². The summed E-state index contributed by atoms with van der Waals surface area (Å²) in [4.78, 5) is 19.2. The molecule has 2 aromatic carbocycles. The van der Waals surface area contributed by atoms with Crippen LogP contribution in [0.25, 0.3) is 0 Å². The molecule has 2 aromatic rings. The first kappa shape index (κ1) is 19.1. The van der Waals surface area contributed by atoms with Crippen LogP contribution in [-0.2, 0) is 24.3 Å². The number of nitrogens with one attached hydrogen (secondary N) is 2. The first-order valence-corrected chi connectivity index (χ1v) is 9.98. The first-order valence-electron chi connectivity index (χ1n) is 9.98. The summed E-state index contributed by atoms with van der Waals surface area (Å²) in [5.74, 6) is 2.21. The average Bonchev–Trinajstić information content (AvgIpc) is 3.23. The van der Waals surface area contributed by atoms with Crippen LogP contribution in [-0.4, -0.2) is 43.2 Å². The lowest BCUT2D eigenvalue weighted by Gasteiger charge is -2.29. The highest BCUT2D eigenvalue weighted by Crippen LogP contribution is 2.32. The van der Waals surface area contributed by atoms with Crippen LogP contribution < -0.4 is 20.1 Å². The normalized spacial score (nSPS) is 15.1. The molecule has 2 N–H and O–H groups in total. The molecule has 0 spiro atoms. The predicted molar refractivity (Wildman–Crippen MR) is 111 cm³/mol. The molecule has 29 heavy (non-hydrogen) atoms. The smallest absolute Gasteiger partial charge is 0.242 e. The van der Waals surface area contributed by atoms with Gasteiger partial charge in [0.25, 0.3) is 0 Å². The molecule has 0 unspecified atom stereocenters. The third-order valence-corrected chi connectivity index (χ3v) is 5.09. The zero-order valence-corrected chi connectivity index (χ0v) is 16.6. The number of amides is 1. The van der Waals surface area contributed by atoms with Crippen LogP contribution in [0.2, 0.25) is 0 Å². The molecule has 0 bridgehead atoms. The van der Waals surface area contributed by atoms with E-state index in [1.54, 1.807) is 0 Å². The maximum absolute atomic E-state index is 12.7. The molecular weight excluding hydrogens is 368 g/mol. The molecule has 2 aliphatic rings. The average molecular weight is 394 g/mol. The molecule has 2 aliphatic heterocycles. The number of rotatable bonds is 5. The Labute approximate surface area is 170 Å². The van der Waals surface area contributed by atoms with E-state index in [1.165, 1.54) is 11.1 Å². The first-order chi connectivity index (χ1) is 14.2. The van der Waals surface area contributed by atoms with Crippen molar-refractivity contribution >= 4 is 11.9 Å². The number of nitrogens with zero attached hydrogens (tertiary/aromatic N) is 2. The summed E-state index contributed by atoms with van der Waals surface area (Å²) < 4.78 is 10.7. The lowest BCUT2D eigenvalue weighted by Crippen LogP contribution is -2.45. The van der Waals surface area contributed by atoms with E-state index in [1.807, 2.05) is 36.1 Å². The van der Waals surface area contributed by atoms with Crippen molar-refractivity contribution in [1.29, 1.82) is 0 Å². The van der Waals surface area contributed by atoms with E-state index in [0.29, 0.717) is 19.0 Å². The quantitative estimate of drug-likeness (QED) is 0.600. The Hall–Kier alpha value is -3.22. The predicted octanol–water partition coefficient (Wildman–Crippen LogP) is 2.06. The molecule has 0 saturated carbocycles. The van der Waals surface area contributed by atoms with Crippen molar-refractivity contribution in [2.75, 3.05) is 26.4 Å². The fraction of sp³-hybridized carbons (Fsp3) is 0.364. The van der Waals surface area contributed by atoms with Gasteiger partial charge in [-0.1, -0.05) is 30.3 Å². The lowest BCUT2D eigenvalue weighted by molar-refractivity contribution is -0.130. The van der Waals surface area contributed by atoms with E-state index in [0.717, 1.165) is 36.6 Å². The molecule has 0 aliphatic carbocycles. The molecule has 0 fully saturated rings. The molecule has 7 nitrogen and oxygen atoms in total. The van der Waals surface area contributed by atoms with Crippen molar-refractivity contribution in [1.82, 2.24) is 15.5 Å². The van der Waals surface area contributed by atoms with Crippen LogP contribution in [0.15, 0.2) is 47.5 Å². The van der Waals surface area contributed by atoms with E-state index in [-0.39, 0.29) is 19.2 Å². The van der Waals surface area contributed by atoms with Gasteiger partial charge in [-0.2, -0.15) is 0 Å². The van der Waals surface area contributed by atoms with Crippen LogP contribution >= 0.6 is 0 Å². The monoisotopic (exact) mass is 394 g/mol. The number of aliphatic imine (C=N–C) groups is 1. The Kier molecular flexibility index (Phi) is 5.84. The van der Waals surface area contributed by atoms with Gasteiger partial charge in [0.2, 0.25) is 12.7 Å².